The lowest BCUT2D eigenvalue weighted by atomic mass is 10.1. The SMILES string of the molecule is Cc1cc(NC(=O)C(=O)N[C@H]2C[C@@H]2c2c(F)cccc2F)n(C)n1. The Morgan fingerprint density at radius 3 is 2.50 bits per heavy atom. The normalized spacial score (nSPS) is 19.0. The summed E-state index contributed by atoms with van der Waals surface area (Å²) in [7, 11) is 1.64. The number of benzene rings is 1. The summed E-state index contributed by atoms with van der Waals surface area (Å²) in [6, 6.07) is 4.80. The van der Waals surface area contributed by atoms with E-state index in [-0.39, 0.29) is 5.56 Å². The van der Waals surface area contributed by atoms with Crippen molar-refractivity contribution < 1.29 is 18.4 Å². The minimum Gasteiger partial charge on any atom is -0.344 e. The first-order chi connectivity index (χ1) is 11.4. The molecule has 8 heteroatoms. The van der Waals surface area contributed by atoms with Crippen LogP contribution < -0.4 is 10.6 Å². The number of nitrogens with one attached hydrogen (secondary N) is 2. The number of hydrogen-bond acceptors (Lipinski definition) is 3. The third kappa shape index (κ3) is 3.12. The lowest BCUT2D eigenvalue weighted by Crippen LogP contribution is -2.37. The van der Waals surface area contributed by atoms with Gasteiger partial charge in [0.15, 0.2) is 0 Å². The standard InChI is InChI=1S/C16H16F2N4O2/c1-8-6-13(22(2)21-8)20-16(24)15(23)19-12-7-9(12)14-10(17)4-3-5-11(14)18/h3-6,9,12H,7H2,1-2H3,(H,19,23)(H,20,24)/t9-,12-/m0/s1. The topological polar surface area (TPSA) is 76.0 Å². The molecular formula is C16H16F2N4O2. The van der Waals surface area contributed by atoms with E-state index in [2.05, 4.69) is 15.7 Å². The zero-order valence-electron chi connectivity index (χ0n) is 13.1. The van der Waals surface area contributed by atoms with Gasteiger partial charge in [-0.1, -0.05) is 6.07 Å². The van der Waals surface area contributed by atoms with Gasteiger partial charge in [-0.15, -0.1) is 0 Å². The van der Waals surface area contributed by atoms with Gasteiger partial charge >= 0.3 is 11.8 Å². The molecular weight excluding hydrogens is 318 g/mol. The number of anilines is 1. The number of carbonyl (C=O) groups excluding carboxylic acids is 2. The van der Waals surface area contributed by atoms with Gasteiger partial charge < -0.3 is 10.6 Å². The van der Waals surface area contributed by atoms with Crippen molar-refractivity contribution in [1.29, 1.82) is 0 Å². The van der Waals surface area contributed by atoms with Crippen LogP contribution in [0.2, 0.25) is 0 Å². The summed E-state index contributed by atoms with van der Waals surface area (Å²) in [4.78, 5) is 23.8. The van der Waals surface area contributed by atoms with Gasteiger partial charge in [-0.3, -0.25) is 14.3 Å². The molecule has 2 atom stereocenters. The quantitative estimate of drug-likeness (QED) is 0.838. The van der Waals surface area contributed by atoms with E-state index in [0.29, 0.717) is 17.9 Å². The maximum absolute atomic E-state index is 13.7. The Labute approximate surface area is 136 Å². The van der Waals surface area contributed by atoms with Crippen molar-refractivity contribution in [2.75, 3.05) is 5.32 Å². The van der Waals surface area contributed by atoms with Crippen molar-refractivity contribution >= 4 is 17.6 Å². The Morgan fingerprint density at radius 1 is 1.25 bits per heavy atom. The molecule has 1 aromatic carbocycles. The third-order valence-corrected chi connectivity index (χ3v) is 3.93. The van der Waals surface area contributed by atoms with Crippen LogP contribution in [0.5, 0.6) is 0 Å². The molecule has 1 heterocycles. The first kappa shape index (κ1) is 16.1. The molecule has 24 heavy (non-hydrogen) atoms. The number of amides is 2. The fraction of sp³-hybridized carbons (Fsp3) is 0.312. The molecule has 1 aromatic heterocycles. The van der Waals surface area contributed by atoms with Crippen LogP contribution in [-0.2, 0) is 16.6 Å². The number of hydrogen-bond donors (Lipinski definition) is 2. The summed E-state index contributed by atoms with van der Waals surface area (Å²) in [6.45, 7) is 1.76. The molecule has 2 aromatic rings. The second-order valence-corrected chi connectivity index (χ2v) is 5.81. The first-order valence-corrected chi connectivity index (χ1v) is 7.43. The highest BCUT2D eigenvalue weighted by atomic mass is 19.1. The summed E-state index contributed by atoms with van der Waals surface area (Å²) < 4.78 is 28.8. The van der Waals surface area contributed by atoms with Crippen molar-refractivity contribution in [2.24, 2.45) is 7.05 Å². The molecule has 3 rings (SSSR count). The Morgan fingerprint density at radius 2 is 1.92 bits per heavy atom. The van der Waals surface area contributed by atoms with Crippen LogP contribution in [0.25, 0.3) is 0 Å². The van der Waals surface area contributed by atoms with Crippen LogP contribution in [0.3, 0.4) is 0 Å². The molecule has 1 saturated carbocycles. The minimum absolute atomic E-state index is 0.0505. The maximum Gasteiger partial charge on any atom is 0.314 e. The fourth-order valence-electron chi connectivity index (χ4n) is 2.67. The van der Waals surface area contributed by atoms with Crippen molar-refractivity contribution in [3.8, 4) is 0 Å². The van der Waals surface area contributed by atoms with Gasteiger partial charge in [-0.2, -0.15) is 5.10 Å². The monoisotopic (exact) mass is 334 g/mol. The van der Waals surface area contributed by atoms with Crippen LogP contribution in [0.4, 0.5) is 14.6 Å². The van der Waals surface area contributed by atoms with Crippen LogP contribution in [0, 0.1) is 18.6 Å². The van der Waals surface area contributed by atoms with E-state index in [4.69, 9.17) is 0 Å². The van der Waals surface area contributed by atoms with Gasteiger partial charge in [0, 0.05) is 30.6 Å². The number of carbonyl (C=O) groups is 2. The van der Waals surface area contributed by atoms with E-state index in [9.17, 15) is 18.4 Å². The van der Waals surface area contributed by atoms with E-state index in [1.807, 2.05) is 0 Å². The van der Waals surface area contributed by atoms with E-state index in [0.717, 1.165) is 0 Å². The van der Waals surface area contributed by atoms with Crippen molar-refractivity contribution in [3.05, 3.63) is 47.2 Å². The number of halogens is 2. The molecule has 0 unspecified atom stereocenters. The van der Waals surface area contributed by atoms with E-state index in [1.54, 1.807) is 20.0 Å². The average Bonchev–Trinajstić information content (AvgIpc) is 3.16. The zero-order chi connectivity index (χ0) is 17.4. The van der Waals surface area contributed by atoms with Crippen molar-refractivity contribution in [1.82, 2.24) is 15.1 Å². The van der Waals surface area contributed by atoms with Gasteiger partial charge in [0.05, 0.1) is 5.69 Å². The summed E-state index contributed by atoms with van der Waals surface area (Å²) in [5.41, 5.74) is 0.649. The molecule has 1 aliphatic carbocycles. The number of rotatable bonds is 3. The molecule has 1 aliphatic rings. The highest BCUT2D eigenvalue weighted by molar-refractivity contribution is 6.39. The molecule has 0 radical (unpaired) electrons. The highest BCUT2D eigenvalue weighted by Gasteiger charge is 2.43. The predicted octanol–water partition coefficient (Wildman–Crippen LogP) is 1.62. The Hall–Kier alpha value is -2.77. The molecule has 0 spiro atoms. The molecule has 6 nitrogen and oxygen atoms in total. The van der Waals surface area contributed by atoms with Crippen molar-refractivity contribution in [2.45, 2.75) is 25.3 Å². The molecule has 126 valence electrons. The van der Waals surface area contributed by atoms with Crippen molar-refractivity contribution in [3.63, 3.8) is 0 Å². The predicted molar refractivity (Wildman–Crippen MR) is 82.2 cm³/mol. The van der Waals surface area contributed by atoms with E-state index in [1.165, 1.54) is 22.9 Å². The summed E-state index contributed by atoms with van der Waals surface area (Å²) in [5.74, 6) is -3.06. The molecule has 1 fully saturated rings. The summed E-state index contributed by atoms with van der Waals surface area (Å²) >= 11 is 0. The number of aromatic nitrogens is 2. The van der Waals surface area contributed by atoms with E-state index < -0.39 is 35.4 Å². The third-order valence-electron chi connectivity index (χ3n) is 3.93. The van der Waals surface area contributed by atoms with Crippen LogP contribution in [-0.4, -0.2) is 27.6 Å². The van der Waals surface area contributed by atoms with Crippen LogP contribution >= 0.6 is 0 Å². The summed E-state index contributed by atoms with van der Waals surface area (Å²) in [5, 5.41) is 8.99. The molecule has 0 bridgehead atoms. The van der Waals surface area contributed by atoms with Crippen LogP contribution in [0.15, 0.2) is 24.3 Å². The van der Waals surface area contributed by atoms with Gasteiger partial charge in [-0.25, -0.2) is 8.78 Å². The molecule has 2 N–H and O–H groups in total. The van der Waals surface area contributed by atoms with Gasteiger partial charge in [-0.05, 0) is 25.5 Å². The van der Waals surface area contributed by atoms with Gasteiger partial charge in [0.1, 0.15) is 17.5 Å². The minimum atomic E-state index is -0.849. The lowest BCUT2D eigenvalue weighted by molar-refractivity contribution is -0.136. The number of nitrogens with zero attached hydrogens (tertiary/aromatic N) is 2. The molecule has 0 saturated heterocycles. The second kappa shape index (κ2) is 6.03. The Balaban J connectivity index is 1.60. The number of aryl methyl sites for hydroxylation is 2. The van der Waals surface area contributed by atoms with Gasteiger partial charge in [0.2, 0.25) is 0 Å². The Bertz CT molecular complexity index is 798. The Kier molecular flexibility index (Phi) is 4.04. The first-order valence-electron chi connectivity index (χ1n) is 7.43. The fourth-order valence-corrected chi connectivity index (χ4v) is 2.67. The maximum atomic E-state index is 13.7. The van der Waals surface area contributed by atoms with E-state index >= 15 is 0 Å². The lowest BCUT2D eigenvalue weighted by Gasteiger charge is -2.07. The van der Waals surface area contributed by atoms with Crippen LogP contribution in [0.1, 0.15) is 23.6 Å². The highest BCUT2D eigenvalue weighted by Crippen LogP contribution is 2.43. The average molecular weight is 334 g/mol. The smallest absolute Gasteiger partial charge is 0.314 e. The van der Waals surface area contributed by atoms with Gasteiger partial charge in [0.25, 0.3) is 0 Å². The second-order valence-electron chi connectivity index (χ2n) is 5.81. The zero-order valence-corrected chi connectivity index (χ0v) is 13.1. The molecule has 2 amide bonds. The summed E-state index contributed by atoms with van der Waals surface area (Å²) in [6.07, 6.45) is 0.391. The largest absolute Gasteiger partial charge is 0.344 e. The molecule has 0 aliphatic heterocycles.